The standard InChI is InChI=1S/C24H33N5/c1-17-14-29(15-20-9-5-4-6-10-20)16-22(17)24-26-19(3)23(27-28-24)13-25-18(2)21-11-7-8-12-21/h4-6,9-10,17,21-22,25H,2-3,7-8,11-16H2,1H3,(H,26,28). The van der Waals surface area contributed by atoms with Crippen LogP contribution in [0.4, 0.5) is 0 Å². The average Bonchev–Trinajstić information content (AvgIpc) is 3.38. The Morgan fingerprint density at radius 3 is 2.66 bits per heavy atom. The number of rotatable bonds is 7. The Morgan fingerprint density at radius 1 is 1.17 bits per heavy atom. The van der Waals surface area contributed by atoms with E-state index in [2.05, 4.69) is 76.1 Å². The van der Waals surface area contributed by atoms with Gasteiger partial charge in [0.05, 0.1) is 12.2 Å². The highest BCUT2D eigenvalue weighted by atomic mass is 15.3. The molecule has 0 radical (unpaired) electrons. The SMILES string of the molecule is C=C1NC(C2CN(Cc3ccccc3)CC2C)=NN=C1CNC(=C)C1CCCC1. The van der Waals surface area contributed by atoms with Gasteiger partial charge in [-0.15, -0.1) is 10.2 Å². The first-order valence-corrected chi connectivity index (χ1v) is 10.9. The zero-order valence-electron chi connectivity index (χ0n) is 17.5. The molecule has 2 fully saturated rings. The molecule has 0 spiro atoms. The summed E-state index contributed by atoms with van der Waals surface area (Å²) in [6.45, 7) is 14.4. The van der Waals surface area contributed by atoms with E-state index in [-0.39, 0.29) is 0 Å². The minimum absolute atomic E-state index is 0.363. The number of hydrogen-bond donors (Lipinski definition) is 2. The van der Waals surface area contributed by atoms with Crippen molar-refractivity contribution in [2.75, 3.05) is 19.6 Å². The maximum absolute atomic E-state index is 4.55. The second-order valence-corrected chi connectivity index (χ2v) is 8.76. The van der Waals surface area contributed by atoms with Crippen LogP contribution in [-0.2, 0) is 6.54 Å². The molecule has 1 aromatic carbocycles. The Bertz CT molecular complexity index is 804. The first kappa shape index (κ1) is 19.9. The third-order valence-electron chi connectivity index (χ3n) is 6.52. The summed E-state index contributed by atoms with van der Waals surface area (Å²) in [5.74, 6) is 2.46. The molecule has 5 nitrogen and oxygen atoms in total. The van der Waals surface area contributed by atoms with E-state index in [0.29, 0.717) is 24.3 Å². The quantitative estimate of drug-likeness (QED) is 0.741. The van der Waals surface area contributed by atoms with Gasteiger partial charge in [0.2, 0.25) is 0 Å². The van der Waals surface area contributed by atoms with Crippen LogP contribution in [0, 0.1) is 17.8 Å². The lowest BCUT2D eigenvalue weighted by molar-refractivity contribution is 0.318. The van der Waals surface area contributed by atoms with Crippen molar-refractivity contribution in [2.24, 2.45) is 28.0 Å². The van der Waals surface area contributed by atoms with Crippen LogP contribution in [0.1, 0.15) is 38.2 Å². The molecule has 2 heterocycles. The molecule has 1 aliphatic carbocycles. The highest BCUT2D eigenvalue weighted by Gasteiger charge is 2.34. The van der Waals surface area contributed by atoms with E-state index < -0.39 is 0 Å². The van der Waals surface area contributed by atoms with Gasteiger partial charge in [-0.2, -0.15) is 0 Å². The van der Waals surface area contributed by atoms with Gasteiger partial charge in [0.15, 0.2) is 0 Å². The molecule has 1 saturated carbocycles. The van der Waals surface area contributed by atoms with Gasteiger partial charge in [-0.05, 0) is 30.2 Å². The first-order valence-electron chi connectivity index (χ1n) is 10.9. The van der Waals surface area contributed by atoms with Crippen molar-refractivity contribution >= 4 is 11.5 Å². The van der Waals surface area contributed by atoms with Gasteiger partial charge in [-0.25, -0.2) is 0 Å². The molecule has 5 heteroatoms. The van der Waals surface area contributed by atoms with Crippen molar-refractivity contribution in [3.63, 3.8) is 0 Å². The second-order valence-electron chi connectivity index (χ2n) is 8.76. The predicted molar refractivity (Wildman–Crippen MR) is 121 cm³/mol. The fraction of sp³-hybridized carbons (Fsp3) is 0.500. The summed E-state index contributed by atoms with van der Waals surface area (Å²) in [7, 11) is 0. The van der Waals surface area contributed by atoms with E-state index in [1.165, 1.54) is 31.2 Å². The smallest absolute Gasteiger partial charge is 0.134 e. The Morgan fingerprint density at radius 2 is 1.93 bits per heavy atom. The molecule has 2 atom stereocenters. The highest BCUT2D eigenvalue weighted by Crippen LogP contribution is 2.29. The Hall–Kier alpha value is -2.40. The van der Waals surface area contributed by atoms with Gasteiger partial charge in [-0.3, -0.25) is 4.90 Å². The Balaban J connectivity index is 1.34. The lowest BCUT2D eigenvalue weighted by Gasteiger charge is -2.24. The van der Waals surface area contributed by atoms with Gasteiger partial charge < -0.3 is 10.6 Å². The van der Waals surface area contributed by atoms with Gasteiger partial charge in [0.1, 0.15) is 11.5 Å². The topological polar surface area (TPSA) is 52.0 Å². The van der Waals surface area contributed by atoms with Crippen LogP contribution in [0.15, 0.2) is 65.1 Å². The summed E-state index contributed by atoms with van der Waals surface area (Å²) >= 11 is 0. The fourth-order valence-corrected chi connectivity index (χ4v) is 4.74. The molecule has 1 saturated heterocycles. The summed E-state index contributed by atoms with van der Waals surface area (Å²) < 4.78 is 0. The van der Waals surface area contributed by atoms with Crippen molar-refractivity contribution in [1.82, 2.24) is 15.5 Å². The van der Waals surface area contributed by atoms with Gasteiger partial charge in [0.25, 0.3) is 0 Å². The lowest BCUT2D eigenvalue weighted by Crippen LogP contribution is -2.40. The van der Waals surface area contributed by atoms with Crippen LogP contribution < -0.4 is 10.6 Å². The van der Waals surface area contributed by atoms with Crippen molar-refractivity contribution < 1.29 is 0 Å². The van der Waals surface area contributed by atoms with E-state index in [0.717, 1.165) is 42.6 Å². The number of nitrogens with one attached hydrogen (secondary N) is 2. The largest absolute Gasteiger partial charge is 0.383 e. The number of allylic oxidation sites excluding steroid dienone is 1. The fourth-order valence-electron chi connectivity index (χ4n) is 4.74. The third kappa shape index (κ3) is 4.78. The maximum Gasteiger partial charge on any atom is 0.134 e. The molecule has 0 aromatic heterocycles. The van der Waals surface area contributed by atoms with Crippen molar-refractivity contribution in [2.45, 2.75) is 39.2 Å². The molecular weight excluding hydrogens is 358 g/mol. The number of nitrogens with zero attached hydrogens (tertiary/aromatic N) is 3. The number of likely N-dealkylation sites (tertiary alicyclic amines) is 1. The van der Waals surface area contributed by atoms with E-state index in [9.17, 15) is 0 Å². The predicted octanol–water partition coefficient (Wildman–Crippen LogP) is 3.92. The number of hydrogen-bond acceptors (Lipinski definition) is 5. The summed E-state index contributed by atoms with van der Waals surface area (Å²) in [6.07, 6.45) is 5.13. The van der Waals surface area contributed by atoms with Crippen LogP contribution in [0.2, 0.25) is 0 Å². The van der Waals surface area contributed by atoms with E-state index in [1.54, 1.807) is 0 Å². The van der Waals surface area contributed by atoms with Crippen LogP contribution in [0.5, 0.6) is 0 Å². The Kier molecular flexibility index (Phi) is 6.14. The minimum Gasteiger partial charge on any atom is -0.383 e. The summed E-state index contributed by atoms with van der Waals surface area (Å²) in [5.41, 5.74) is 4.22. The molecule has 2 aliphatic heterocycles. The lowest BCUT2D eigenvalue weighted by atomic mass is 9.96. The van der Waals surface area contributed by atoms with Crippen LogP contribution in [-0.4, -0.2) is 36.1 Å². The van der Waals surface area contributed by atoms with E-state index in [1.807, 2.05) is 0 Å². The second kappa shape index (κ2) is 8.95. The summed E-state index contributed by atoms with van der Waals surface area (Å²) in [6, 6.07) is 10.7. The molecule has 4 rings (SSSR count). The Labute approximate surface area is 174 Å². The van der Waals surface area contributed by atoms with Gasteiger partial charge >= 0.3 is 0 Å². The molecule has 1 aromatic rings. The molecule has 0 bridgehead atoms. The molecule has 2 unspecified atom stereocenters. The first-order chi connectivity index (χ1) is 14.1. The average molecular weight is 392 g/mol. The van der Waals surface area contributed by atoms with Crippen molar-refractivity contribution in [1.29, 1.82) is 0 Å². The van der Waals surface area contributed by atoms with Gasteiger partial charge in [0, 0.05) is 31.2 Å². The van der Waals surface area contributed by atoms with Crippen LogP contribution >= 0.6 is 0 Å². The van der Waals surface area contributed by atoms with Crippen LogP contribution in [0.25, 0.3) is 0 Å². The zero-order valence-corrected chi connectivity index (χ0v) is 17.5. The maximum atomic E-state index is 4.55. The number of benzene rings is 1. The third-order valence-corrected chi connectivity index (χ3v) is 6.52. The number of amidine groups is 1. The molecular formula is C24H33N5. The molecule has 29 heavy (non-hydrogen) atoms. The normalized spacial score (nSPS) is 25.5. The molecule has 154 valence electrons. The molecule has 0 amide bonds. The van der Waals surface area contributed by atoms with Gasteiger partial charge in [-0.1, -0.05) is 63.3 Å². The highest BCUT2D eigenvalue weighted by molar-refractivity contribution is 6.07. The van der Waals surface area contributed by atoms with Crippen molar-refractivity contribution in [3.05, 3.63) is 60.4 Å². The van der Waals surface area contributed by atoms with E-state index >= 15 is 0 Å². The molecule has 3 aliphatic rings. The van der Waals surface area contributed by atoms with Crippen molar-refractivity contribution in [3.8, 4) is 0 Å². The van der Waals surface area contributed by atoms with Crippen LogP contribution in [0.3, 0.4) is 0 Å². The zero-order chi connectivity index (χ0) is 20.2. The summed E-state index contributed by atoms with van der Waals surface area (Å²) in [4.78, 5) is 2.50. The molecule has 2 N–H and O–H groups in total. The minimum atomic E-state index is 0.363. The monoisotopic (exact) mass is 391 g/mol. The summed E-state index contributed by atoms with van der Waals surface area (Å²) in [5, 5.41) is 15.9. The van der Waals surface area contributed by atoms with E-state index in [4.69, 9.17) is 0 Å².